The van der Waals surface area contributed by atoms with E-state index in [1.54, 1.807) is 18.5 Å². The van der Waals surface area contributed by atoms with Crippen molar-refractivity contribution in [2.45, 2.75) is 12.5 Å². The van der Waals surface area contributed by atoms with Crippen molar-refractivity contribution in [3.05, 3.63) is 48.6 Å². The van der Waals surface area contributed by atoms with E-state index < -0.39 is 0 Å². The number of benzene rings is 1. The first-order valence-corrected chi connectivity index (χ1v) is 6.37. The maximum atomic E-state index is 11.8. The molecule has 5 N–H and O–H groups in total. The van der Waals surface area contributed by atoms with Crippen LogP contribution in [0.1, 0.15) is 18.3 Å². The number of nitrogens with zero attached hydrogens (tertiary/aromatic N) is 1. The molecule has 2 amide bonds. The van der Waals surface area contributed by atoms with Gasteiger partial charge in [-0.1, -0.05) is 24.3 Å². The molecule has 1 aromatic carbocycles. The Labute approximate surface area is 116 Å². The quantitative estimate of drug-likeness (QED) is 0.590. The van der Waals surface area contributed by atoms with Crippen molar-refractivity contribution in [3.8, 4) is 11.3 Å². The van der Waals surface area contributed by atoms with Gasteiger partial charge >= 0.3 is 6.03 Å². The molecule has 6 nitrogen and oxygen atoms in total. The summed E-state index contributed by atoms with van der Waals surface area (Å²) in [6, 6.07) is 6.98. The van der Waals surface area contributed by atoms with Gasteiger partial charge in [-0.05, 0) is 12.5 Å². The minimum Gasteiger partial charge on any atom is -0.347 e. The topological polar surface area (TPSA) is 95.8 Å². The van der Waals surface area contributed by atoms with E-state index in [2.05, 4.69) is 20.6 Å². The highest BCUT2D eigenvalue weighted by Gasteiger charge is 2.14. The molecule has 0 radical (unpaired) electrons. The summed E-state index contributed by atoms with van der Waals surface area (Å²) < 4.78 is 0. The van der Waals surface area contributed by atoms with Gasteiger partial charge in [0.25, 0.3) is 0 Å². The van der Waals surface area contributed by atoms with Gasteiger partial charge in [0.1, 0.15) is 5.82 Å². The maximum absolute atomic E-state index is 11.8. The lowest BCUT2D eigenvalue weighted by Crippen LogP contribution is -2.24. The van der Waals surface area contributed by atoms with Crippen LogP contribution in [0.5, 0.6) is 0 Å². The summed E-state index contributed by atoms with van der Waals surface area (Å²) in [5.74, 6) is 0.728. The first-order chi connectivity index (χ1) is 9.74. The predicted octanol–water partition coefficient (Wildman–Crippen LogP) is 2.12. The summed E-state index contributed by atoms with van der Waals surface area (Å²) in [6.07, 6.45) is 5.79. The highest BCUT2D eigenvalue weighted by molar-refractivity contribution is 5.94. The van der Waals surface area contributed by atoms with Crippen LogP contribution in [0.3, 0.4) is 0 Å². The van der Waals surface area contributed by atoms with E-state index in [-0.39, 0.29) is 12.1 Å². The number of H-pyrrole nitrogens is 1. The second-order valence-corrected chi connectivity index (χ2v) is 4.56. The molecule has 0 saturated heterocycles. The highest BCUT2D eigenvalue weighted by Crippen LogP contribution is 2.27. The number of fused-ring (bicyclic) bond motifs is 4. The van der Waals surface area contributed by atoms with E-state index in [1.807, 2.05) is 24.3 Å². The molecular formula is C14H15N5O. The number of aromatic nitrogens is 2. The summed E-state index contributed by atoms with van der Waals surface area (Å²) in [4.78, 5) is 19.4. The first kappa shape index (κ1) is 12.4. The van der Waals surface area contributed by atoms with Crippen molar-refractivity contribution < 1.29 is 4.79 Å². The lowest BCUT2D eigenvalue weighted by atomic mass is 10.1. The molecule has 2 heterocycles. The molecule has 1 atom stereocenters. The van der Waals surface area contributed by atoms with Crippen molar-refractivity contribution in [2.24, 2.45) is 5.73 Å². The number of aromatic amines is 1. The maximum Gasteiger partial charge on any atom is 0.323 e. The van der Waals surface area contributed by atoms with Crippen LogP contribution >= 0.6 is 0 Å². The van der Waals surface area contributed by atoms with Crippen LogP contribution in [0.4, 0.5) is 10.5 Å². The Kier molecular flexibility index (Phi) is 3.22. The van der Waals surface area contributed by atoms with Crippen molar-refractivity contribution in [2.75, 3.05) is 5.32 Å². The summed E-state index contributed by atoms with van der Waals surface area (Å²) in [7, 11) is 0. The molecule has 2 aromatic rings. The monoisotopic (exact) mass is 269 g/mol. The van der Waals surface area contributed by atoms with Crippen LogP contribution in [0.15, 0.2) is 42.7 Å². The van der Waals surface area contributed by atoms with E-state index in [4.69, 9.17) is 5.73 Å². The lowest BCUT2D eigenvalue weighted by Gasteiger charge is -2.10. The van der Waals surface area contributed by atoms with E-state index in [0.29, 0.717) is 12.1 Å². The fourth-order valence-electron chi connectivity index (χ4n) is 2.10. The molecule has 1 aliphatic rings. The molecule has 2 bridgehead atoms. The largest absolute Gasteiger partial charge is 0.347 e. The number of anilines is 1. The van der Waals surface area contributed by atoms with E-state index in [9.17, 15) is 4.79 Å². The minimum atomic E-state index is -0.293. The number of nitrogens with one attached hydrogen (secondary N) is 3. The molecule has 1 aromatic heterocycles. The zero-order valence-corrected chi connectivity index (χ0v) is 10.8. The number of imidazole rings is 1. The number of hydrogen-bond acceptors (Lipinski definition) is 3. The van der Waals surface area contributed by atoms with E-state index in [0.717, 1.165) is 17.1 Å². The Balaban J connectivity index is 2.08. The van der Waals surface area contributed by atoms with Crippen LogP contribution in [-0.4, -0.2) is 16.0 Å². The smallest absolute Gasteiger partial charge is 0.323 e. The lowest BCUT2D eigenvalue weighted by molar-refractivity contribution is 0.255. The van der Waals surface area contributed by atoms with Gasteiger partial charge in [-0.3, -0.25) is 0 Å². The van der Waals surface area contributed by atoms with E-state index in [1.165, 1.54) is 0 Å². The summed E-state index contributed by atoms with van der Waals surface area (Å²) in [5.41, 5.74) is 8.35. The van der Waals surface area contributed by atoms with Crippen molar-refractivity contribution >= 4 is 11.7 Å². The van der Waals surface area contributed by atoms with Crippen LogP contribution in [0.25, 0.3) is 11.3 Å². The number of amides is 2. The summed E-state index contributed by atoms with van der Waals surface area (Å²) in [6.45, 7) is 0. The molecule has 102 valence electrons. The number of hydrogen-bond donors (Lipinski definition) is 4. The standard InChI is InChI=1S/C14H15N5O/c15-10-5-3-7-16-14(20)19-11-6-2-1-4-9(11)12-8-17-13(10)18-12/h1-4,6-8,10H,5,15H2,(H,17,18)(H2,16,19,20)/b7-3+/t10-/m0/s1. The van der Waals surface area contributed by atoms with Crippen molar-refractivity contribution in [3.63, 3.8) is 0 Å². The SMILES string of the molecule is N[C@H]1C/C=C/NC(=O)Nc2ccccc2-c2c[nH]c1n2. The third-order valence-corrected chi connectivity index (χ3v) is 3.12. The Bertz CT molecular complexity index is 661. The van der Waals surface area contributed by atoms with Gasteiger partial charge < -0.3 is 21.4 Å². The highest BCUT2D eigenvalue weighted by atomic mass is 16.2. The number of carbonyl (C=O) groups is 1. The van der Waals surface area contributed by atoms with Crippen LogP contribution in [0, 0.1) is 0 Å². The molecule has 20 heavy (non-hydrogen) atoms. The summed E-state index contributed by atoms with van der Waals surface area (Å²) in [5, 5.41) is 5.45. The minimum absolute atomic E-state index is 0.226. The van der Waals surface area contributed by atoms with Gasteiger partial charge in [-0.25, -0.2) is 9.78 Å². The Morgan fingerprint density at radius 3 is 3.05 bits per heavy atom. The van der Waals surface area contributed by atoms with Crippen molar-refractivity contribution in [1.82, 2.24) is 15.3 Å². The van der Waals surface area contributed by atoms with Crippen molar-refractivity contribution in [1.29, 1.82) is 0 Å². The van der Waals surface area contributed by atoms with Crippen LogP contribution < -0.4 is 16.4 Å². The molecule has 6 heteroatoms. The molecule has 0 aliphatic carbocycles. The Hall–Kier alpha value is -2.60. The third-order valence-electron chi connectivity index (χ3n) is 3.12. The van der Waals surface area contributed by atoms with Gasteiger partial charge in [-0.2, -0.15) is 0 Å². The van der Waals surface area contributed by atoms with Gasteiger partial charge in [-0.15, -0.1) is 0 Å². The molecule has 3 rings (SSSR count). The summed E-state index contributed by atoms with van der Waals surface area (Å²) >= 11 is 0. The van der Waals surface area contributed by atoms with Gasteiger partial charge in [0, 0.05) is 18.0 Å². The second kappa shape index (κ2) is 5.18. The molecule has 0 saturated carbocycles. The fraction of sp³-hybridized carbons (Fsp3) is 0.143. The number of rotatable bonds is 0. The van der Waals surface area contributed by atoms with Gasteiger partial charge in [0.2, 0.25) is 0 Å². The number of urea groups is 1. The fourth-order valence-corrected chi connectivity index (χ4v) is 2.10. The molecule has 0 spiro atoms. The van der Waals surface area contributed by atoms with E-state index >= 15 is 0 Å². The van der Waals surface area contributed by atoms with Crippen LogP contribution in [-0.2, 0) is 0 Å². The normalized spacial score (nSPS) is 19.9. The zero-order chi connectivity index (χ0) is 13.9. The third kappa shape index (κ3) is 2.41. The van der Waals surface area contributed by atoms with Gasteiger partial charge in [0.15, 0.2) is 0 Å². The number of carbonyl (C=O) groups excluding carboxylic acids is 1. The van der Waals surface area contributed by atoms with Crippen LogP contribution in [0.2, 0.25) is 0 Å². The number of para-hydroxylation sites is 1. The first-order valence-electron chi connectivity index (χ1n) is 6.37. The average Bonchev–Trinajstić information content (AvgIpc) is 2.93. The Morgan fingerprint density at radius 1 is 1.30 bits per heavy atom. The second-order valence-electron chi connectivity index (χ2n) is 4.56. The predicted molar refractivity (Wildman–Crippen MR) is 76.9 cm³/mol. The zero-order valence-electron chi connectivity index (χ0n) is 10.8. The Morgan fingerprint density at radius 2 is 2.15 bits per heavy atom. The van der Waals surface area contributed by atoms with Gasteiger partial charge in [0.05, 0.1) is 17.4 Å². The molecule has 0 unspecified atom stereocenters. The molecule has 1 aliphatic heterocycles. The average molecular weight is 269 g/mol. The molecule has 0 fully saturated rings. The number of nitrogens with two attached hydrogens (primary N) is 1. The molecular weight excluding hydrogens is 254 g/mol.